The van der Waals surface area contributed by atoms with Crippen LogP contribution in [0.1, 0.15) is 62.3 Å². The number of sulfonamides is 1. The predicted molar refractivity (Wildman–Crippen MR) is 101 cm³/mol. The Bertz CT molecular complexity index is 715. The Morgan fingerprint density at radius 1 is 1.32 bits per heavy atom. The number of benzene rings is 1. The van der Waals surface area contributed by atoms with E-state index >= 15 is 0 Å². The Morgan fingerprint density at radius 2 is 2.04 bits per heavy atom. The molecular formula is C19H30N2O3S. The van der Waals surface area contributed by atoms with Crippen molar-refractivity contribution in [3.8, 4) is 0 Å². The summed E-state index contributed by atoms with van der Waals surface area (Å²) in [5, 5.41) is 3.03. The van der Waals surface area contributed by atoms with Gasteiger partial charge in [-0.25, -0.2) is 8.42 Å². The molecule has 1 aromatic carbocycles. The van der Waals surface area contributed by atoms with E-state index in [1.54, 1.807) is 0 Å². The smallest absolute Gasteiger partial charge is 0.238 e. The molecule has 0 aromatic heterocycles. The lowest BCUT2D eigenvalue weighted by Gasteiger charge is -2.34. The molecule has 1 fully saturated rings. The molecule has 0 saturated carbocycles. The number of carbonyl (C=O) groups is 1. The minimum absolute atomic E-state index is 0.101. The summed E-state index contributed by atoms with van der Waals surface area (Å²) in [5.41, 5.74) is 3.34. The normalized spacial score (nSPS) is 20.2. The van der Waals surface area contributed by atoms with Crippen molar-refractivity contribution in [1.82, 2.24) is 9.62 Å². The second-order valence-electron chi connectivity index (χ2n) is 7.03. The fourth-order valence-corrected chi connectivity index (χ4v) is 5.24. The van der Waals surface area contributed by atoms with Crippen LogP contribution in [-0.4, -0.2) is 37.0 Å². The van der Waals surface area contributed by atoms with Crippen LogP contribution in [0.25, 0.3) is 0 Å². The number of nitrogens with zero attached hydrogens (tertiary/aromatic N) is 1. The van der Waals surface area contributed by atoms with Crippen LogP contribution in [0.4, 0.5) is 0 Å². The molecule has 0 radical (unpaired) electrons. The molecule has 25 heavy (non-hydrogen) atoms. The summed E-state index contributed by atoms with van der Waals surface area (Å²) in [6, 6.07) is 5.44. The van der Waals surface area contributed by atoms with Crippen LogP contribution in [0, 0.1) is 13.8 Å². The first-order chi connectivity index (χ1) is 11.8. The van der Waals surface area contributed by atoms with Gasteiger partial charge in [-0.2, -0.15) is 4.31 Å². The third kappa shape index (κ3) is 4.82. The van der Waals surface area contributed by atoms with Gasteiger partial charge in [-0.1, -0.05) is 37.1 Å². The maximum atomic E-state index is 12.8. The quantitative estimate of drug-likeness (QED) is 0.841. The SMILES string of the molecule is CCCS(=O)(=O)N1CCCCC1C(=O)NC(C)c1cc(C)ccc1C. The number of amides is 1. The average Bonchev–Trinajstić information content (AvgIpc) is 2.57. The molecule has 0 spiro atoms. The lowest BCUT2D eigenvalue weighted by Crippen LogP contribution is -2.52. The highest BCUT2D eigenvalue weighted by Crippen LogP contribution is 2.24. The van der Waals surface area contributed by atoms with E-state index in [-0.39, 0.29) is 17.7 Å². The van der Waals surface area contributed by atoms with Crippen molar-refractivity contribution in [2.24, 2.45) is 0 Å². The monoisotopic (exact) mass is 366 g/mol. The lowest BCUT2D eigenvalue weighted by atomic mass is 9.99. The molecule has 2 rings (SSSR count). The average molecular weight is 367 g/mol. The van der Waals surface area contributed by atoms with Gasteiger partial charge in [-0.15, -0.1) is 0 Å². The largest absolute Gasteiger partial charge is 0.348 e. The summed E-state index contributed by atoms with van der Waals surface area (Å²) in [6.45, 7) is 8.29. The van der Waals surface area contributed by atoms with Crippen molar-refractivity contribution >= 4 is 15.9 Å². The Morgan fingerprint density at radius 3 is 2.72 bits per heavy atom. The summed E-state index contributed by atoms with van der Waals surface area (Å²) in [7, 11) is -3.37. The molecule has 6 heteroatoms. The summed E-state index contributed by atoms with van der Waals surface area (Å²) in [5.74, 6) is -0.0867. The third-order valence-electron chi connectivity index (χ3n) is 4.84. The maximum absolute atomic E-state index is 12.8. The van der Waals surface area contributed by atoms with Crippen molar-refractivity contribution in [3.63, 3.8) is 0 Å². The standard InChI is InChI=1S/C19H30N2O3S/c1-5-12-25(23,24)21-11-7-6-8-18(21)19(22)20-16(4)17-13-14(2)9-10-15(17)3/h9-10,13,16,18H,5-8,11-12H2,1-4H3,(H,20,22). The van der Waals surface area contributed by atoms with Crippen molar-refractivity contribution < 1.29 is 13.2 Å². The van der Waals surface area contributed by atoms with E-state index in [1.165, 1.54) is 4.31 Å². The zero-order valence-electron chi connectivity index (χ0n) is 15.7. The number of aryl methyl sites for hydroxylation is 2. The molecular weight excluding hydrogens is 336 g/mol. The summed E-state index contributed by atoms with van der Waals surface area (Å²) in [6.07, 6.45) is 2.85. The van der Waals surface area contributed by atoms with Gasteiger partial charge in [0.25, 0.3) is 0 Å². The molecule has 1 N–H and O–H groups in total. The Labute approximate surface area is 151 Å². The maximum Gasteiger partial charge on any atom is 0.238 e. The van der Waals surface area contributed by atoms with Crippen LogP contribution in [0.5, 0.6) is 0 Å². The van der Waals surface area contributed by atoms with E-state index in [1.807, 2.05) is 39.8 Å². The molecule has 0 bridgehead atoms. The Kier molecular flexibility index (Phi) is 6.63. The van der Waals surface area contributed by atoms with Gasteiger partial charge in [0.15, 0.2) is 0 Å². The summed E-state index contributed by atoms with van der Waals surface area (Å²) in [4.78, 5) is 12.8. The van der Waals surface area contributed by atoms with E-state index < -0.39 is 16.1 Å². The van der Waals surface area contributed by atoms with Gasteiger partial charge >= 0.3 is 0 Å². The van der Waals surface area contributed by atoms with Crippen LogP contribution < -0.4 is 5.32 Å². The fraction of sp³-hybridized carbons (Fsp3) is 0.632. The minimum atomic E-state index is -3.37. The zero-order chi connectivity index (χ0) is 18.6. The first-order valence-corrected chi connectivity index (χ1v) is 10.7. The lowest BCUT2D eigenvalue weighted by molar-refractivity contribution is -0.126. The molecule has 1 saturated heterocycles. The Balaban J connectivity index is 2.16. The summed E-state index contributed by atoms with van der Waals surface area (Å²) >= 11 is 0. The number of hydrogen-bond donors (Lipinski definition) is 1. The van der Waals surface area contributed by atoms with Gasteiger partial charge in [-0.3, -0.25) is 4.79 Å². The minimum Gasteiger partial charge on any atom is -0.348 e. The number of piperidine rings is 1. The van der Waals surface area contributed by atoms with Crippen molar-refractivity contribution in [2.45, 2.75) is 65.5 Å². The molecule has 1 amide bonds. The predicted octanol–water partition coefficient (Wildman–Crippen LogP) is 3.07. The highest BCUT2D eigenvalue weighted by molar-refractivity contribution is 7.89. The van der Waals surface area contributed by atoms with Gasteiger partial charge < -0.3 is 5.32 Å². The molecule has 2 atom stereocenters. The van der Waals surface area contributed by atoms with Gasteiger partial charge in [0.2, 0.25) is 15.9 Å². The number of rotatable bonds is 6. The van der Waals surface area contributed by atoms with Crippen molar-refractivity contribution in [3.05, 3.63) is 34.9 Å². The second-order valence-corrected chi connectivity index (χ2v) is 9.07. The van der Waals surface area contributed by atoms with Crippen molar-refractivity contribution in [2.75, 3.05) is 12.3 Å². The molecule has 140 valence electrons. The van der Waals surface area contributed by atoms with Gasteiger partial charge in [0, 0.05) is 6.54 Å². The van der Waals surface area contributed by atoms with E-state index in [2.05, 4.69) is 11.4 Å². The van der Waals surface area contributed by atoms with Crippen LogP contribution in [0.2, 0.25) is 0 Å². The van der Waals surface area contributed by atoms with E-state index in [0.717, 1.165) is 29.5 Å². The van der Waals surface area contributed by atoms with Gasteiger partial charge in [-0.05, 0) is 51.2 Å². The molecule has 1 aromatic rings. The van der Waals surface area contributed by atoms with E-state index in [4.69, 9.17) is 0 Å². The molecule has 0 aliphatic carbocycles. The van der Waals surface area contributed by atoms with E-state index in [0.29, 0.717) is 19.4 Å². The number of hydrogen-bond acceptors (Lipinski definition) is 3. The topological polar surface area (TPSA) is 66.5 Å². The highest BCUT2D eigenvalue weighted by Gasteiger charge is 2.36. The molecule has 5 nitrogen and oxygen atoms in total. The fourth-order valence-electron chi connectivity index (χ4n) is 3.49. The third-order valence-corrected chi connectivity index (χ3v) is 6.91. The molecule has 1 aliphatic heterocycles. The van der Waals surface area contributed by atoms with E-state index in [9.17, 15) is 13.2 Å². The van der Waals surface area contributed by atoms with Crippen LogP contribution in [0.3, 0.4) is 0 Å². The second kappa shape index (κ2) is 8.32. The molecule has 1 aliphatic rings. The first kappa shape index (κ1) is 19.9. The first-order valence-electron chi connectivity index (χ1n) is 9.13. The summed E-state index contributed by atoms with van der Waals surface area (Å²) < 4.78 is 26.4. The van der Waals surface area contributed by atoms with Crippen LogP contribution in [-0.2, 0) is 14.8 Å². The number of nitrogens with one attached hydrogen (secondary N) is 1. The molecule has 1 heterocycles. The Hall–Kier alpha value is -1.40. The van der Waals surface area contributed by atoms with Crippen LogP contribution in [0.15, 0.2) is 18.2 Å². The van der Waals surface area contributed by atoms with Crippen molar-refractivity contribution in [1.29, 1.82) is 0 Å². The van der Waals surface area contributed by atoms with Gasteiger partial charge in [0.1, 0.15) is 6.04 Å². The highest BCUT2D eigenvalue weighted by atomic mass is 32.2. The zero-order valence-corrected chi connectivity index (χ0v) is 16.5. The van der Waals surface area contributed by atoms with Gasteiger partial charge in [0.05, 0.1) is 11.8 Å². The van der Waals surface area contributed by atoms with Crippen LogP contribution >= 0.6 is 0 Å². The number of carbonyl (C=O) groups excluding carboxylic acids is 1. The molecule has 2 unspecified atom stereocenters.